The molecule has 0 unspecified atom stereocenters. The summed E-state index contributed by atoms with van der Waals surface area (Å²) >= 11 is 5.98. The zero-order chi connectivity index (χ0) is 20.1. The summed E-state index contributed by atoms with van der Waals surface area (Å²) in [5.41, 5.74) is 1.96. The van der Waals surface area contributed by atoms with Gasteiger partial charge in [0, 0.05) is 23.5 Å². The summed E-state index contributed by atoms with van der Waals surface area (Å²) in [6.45, 7) is 3.45. The maximum absolute atomic E-state index is 12.3. The minimum absolute atomic E-state index is 0.0765. The summed E-state index contributed by atoms with van der Waals surface area (Å²) in [5, 5.41) is 22.8. The molecule has 1 heterocycles. The third-order valence-electron chi connectivity index (χ3n) is 4.68. The van der Waals surface area contributed by atoms with Gasteiger partial charge in [-0.3, -0.25) is 14.9 Å². The second-order valence-electron chi connectivity index (χ2n) is 6.54. The molecule has 3 rings (SSSR count). The Morgan fingerprint density at radius 2 is 1.93 bits per heavy atom. The fraction of sp³-hybridized carbons (Fsp3) is 0.263. The molecule has 0 saturated carbocycles. The summed E-state index contributed by atoms with van der Waals surface area (Å²) < 4.78 is 0. The molecule has 2 aromatic carbocycles. The maximum Gasteiger partial charge on any atom is 0.279 e. The molecule has 0 bridgehead atoms. The zero-order valence-corrected chi connectivity index (χ0v) is 15.8. The highest BCUT2D eigenvalue weighted by Crippen LogP contribution is 2.20. The van der Waals surface area contributed by atoms with Gasteiger partial charge in [0.15, 0.2) is 6.54 Å². The topological polar surface area (TPSA) is 104 Å². The van der Waals surface area contributed by atoms with E-state index in [4.69, 9.17) is 16.9 Å². The highest BCUT2D eigenvalue weighted by molar-refractivity contribution is 6.32. The first kappa shape index (κ1) is 19.6. The molecule has 28 heavy (non-hydrogen) atoms. The van der Waals surface area contributed by atoms with Crippen LogP contribution in [-0.2, 0) is 4.79 Å². The van der Waals surface area contributed by atoms with Crippen LogP contribution in [0.15, 0.2) is 42.5 Å². The molecule has 0 atom stereocenters. The highest BCUT2D eigenvalue weighted by Gasteiger charge is 2.23. The van der Waals surface area contributed by atoms with Gasteiger partial charge < -0.3 is 15.1 Å². The van der Waals surface area contributed by atoms with Crippen molar-refractivity contribution in [3.8, 4) is 6.07 Å². The first-order valence-corrected chi connectivity index (χ1v) is 9.16. The Morgan fingerprint density at radius 3 is 2.50 bits per heavy atom. The molecule has 0 aromatic heterocycles. The van der Waals surface area contributed by atoms with E-state index >= 15 is 0 Å². The molecule has 1 amide bonds. The van der Waals surface area contributed by atoms with Crippen LogP contribution in [0.4, 0.5) is 17.1 Å². The molecule has 2 N–H and O–H groups in total. The van der Waals surface area contributed by atoms with Gasteiger partial charge in [-0.25, -0.2) is 0 Å². The third kappa shape index (κ3) is 4.76. The lowest BCUT2D eigenvalue weighted by Crippen LogP contribution is -3.15. The predicted octanol–water partition coefficient (Wildman–Crippen LogP) is 1.46. The van der Waals surface area contributed by atoms with Crippen molar-refractivity contribution in [1.29, 1.82) is 5.26 Å². The molecule has 1 aliphatic heterocycles. The van der Waals surface area contributed by atoms with Gasteiger partial charge in [0.2, 0.25) is 0 Å². The number of anilines is 2. The smallest absolute Gasteiger partial charge is 0.279 e. The fourth-order valence-electron chi connectivity index (χ4n) is 3.16. The van der Waals surface area contributed by atoms with Crippen molar-refractivity contribution in [2.45, 2.75) is 0 Å². The van der Waals surface area contributed by atoms with Crippen LogP contribution in [0.25, 0.3) is 0 Å². The summed E-state index contributed by atoms with van der Waals surface area (Å²) in [5.74, 6) is -0.112. The van der Waals surface area contributed by atoms with Crippen molar-refractivity contribution in [1.82, 2.24) is 0 Å². The normalized spacial score (nSPS) is 14.4. The number of benzene rings is 2. The van der Waals surface area contributed by atoms with E-state index in [1.54, 1.807) is 30.3 Å². The van der Waals surface area contributed by atoms with E-state index in [2.05, 4.69) is 10.2 Å². The van der Waals surface area contributed by atoms with E-state index in [1.165, 1.54) is 12.1 Å². The lowest BCUT2D eigenvalue weighted by Gasteiger charge is -2.33. The number of hydrogen-bond donors (Lipinski definition) is 2. The maximum atomic E-state index is 12.3. The van der Waals surface area contributed by atoms with E-state index in [0.717, 1.165) is 36.8 Å². The number of nitrogens with one attached hydrogen (secondary N) is 2. The average Bonchev–Trinajstić information content (AvgIpc) is 2.69. The van der Waals surface area contributed by atoms with E-state index < -0.39 is 4.92 Å². The molecule has 144 valence electrons. The number of carbonyl (C=O) groups is 1. The van der Waals surface area contributed by atoms with E-state index in [0.29, 0.717) is 22.8 Å². The number of hydrogen-bond acceptors (Lipinski definition) is 5. The molecule has 9 heteroatoms. The number of nitro benzene ring substituents is 1. The minimum atomic E-state index is -0.411. The van der Waals surface area contributed by atoms with Crippen molar-refractivity contribution >= 4 is 34.6 Å². The molecule has 0 radical (unpaired) electrons. The number of rotatable bonds is 5. The minimum Gasteiger partial charge on any atom is -0.360 e. The van der Waals surface area contributed by atoms with Crippen molar-refractivity contribution in [3.63, 3.8) is 0 Å². The van der Waals surface area contributed by atoms with Gasteiger partial charge in [-0.15, -0.1) is 0 Å². The molecular formula is C19H19ClN5O3+. The second-order valence-corrected chi connectivity index (χ2v) is 6.95. The Labute approximate surface area is 167 Å². The Hall–Kier alpha value is -3.15. The van der Waals surface area contributed by atoms with E-state index in [9.17, 15) is 14.9 Å². The molecule has 1 saturated heterocycles. The van der Waals surface area contributed by atoms with Crippen LogP contribution in [0, 0.1) is 21.4 Å². The standard InChI is InChI=1S/C19H18ClN5O3/c20-18-11-15(2-1-14(18)12-21)22-19(26)13-23-7-9-24(10-8-23)16-3-5-17(6-4-16)25(27)28/h1-6,11H,7-10,13H2,(H,22,26)/p+1. The quantitative estimate of drug-likeness (QED) is 0.584. The van der Waals surface area contributed by atoms with Crippen LogP contribution in [0.5, 0.6) is 0 Å². The van der Waals surface area contributed by atoms with Gasteiger partial charge >= 0.3 is 0 Å². The Balaban J connectivity index is 1.50. The molecular weight excluding hydrogens is 382 g/mol. The van der Waals surface area contributed by atoms with Gasteiger partial charge in [-0.05, 0) is 30.3 Å². The summed E-state index contributed by atoms with van der Waals surface area (Å²) in [4.78, 5) is 25.9. The molecule has 1 fully saturated rings. The largest absolute Gasteiger partial charge is 0.360 e. The van der Waals surface area contributed by atoms with Crippen LogP contribution in [0.3, 0.4) is 0 Å². The van der Waals surface area contributed by atoms with Crippen molar-refractivity contribution in [2.24, 2.45) is 0 Å². The first-order valence-electron chi connectivity index (χ1n) is 8.79. The number of piperazine rings is 1. The Morgan fingerprint density at radius 1 is 1.25 bits per heavy atom. The van der Waals surface area contributed by atoms with Gasteiger partial charge in [-0.1, -0.05) is 11.6 Å². The van der Waals surface area contributed by atoms with Gasteiger partial charge in [-0.2, -0.15) is 5.26 Å². The van der Waals surface area contributed by atoms with Gasteiger partial charge in [0.1, 0.15) is 6.07 Å². The molecule has 2 aromatic rings. The summed E-state index contributed by atoms with van der Waals surface area (Å²) in [6, 6.07) is 13.3. The average molecular weight is 401 g/mol. The van der Waals surface area contributed by atoms with Crippen LogP contribution in [0.2, 0.25) is 5.02 Å². The number of quaternary nitrogens is 1. The number of amides is 1. The number of halogens is 1. The van der Waals surface area contributed by atoms with E-state index in [-0.39, 0.29) is 11.6 Å². The Bertz CT molecular complexity index is 918. The number of nitro groups is 1. The van der Waals surface area contributed by atoms with Crippen molar-refractivity contribution in [2.75, 3.05) is 42.9 Å². The van der Waals surface area contributed by atoms with Crippen LogP contribution < -0.4 is 15.1 Å². The van der Waals surface area contributed by atoms with Crippen molar-refractivity contribution < 1.29 is 14.6 Å². The summed E-state index contributed by atoms with van der Waals surface area (Å²) in [6.07, 6.45) is 0. The van der Waals surface area contributed by atoms with Crippen molar-refractivity contribution in [3.05, 3.63) is 63.2 Å². The van der Waals surface area contributed by atoms with Gasteiger partial charge in [0.05, 0.1) is 41.7 Å². The fourth-order valence-corrected chi connectivity index (χ4v) is 3.38. The summed E-state index contributed by atoms with van der Waals surface area (Å²) in [7, 11) is 0. The zero-order valence-electron chi connectivity index (χ0n) is 15.0. The monoisotopic (exact) mass is 400 g/mol. The molecule has 0 aliphatic carbocycles. The second kappa shape index (κ2) is 8.69. The predicted molar refractivity (Wildman–Crippen MR) is 106 cm³/mol. The van der Waals surface area contributed by atoms with Gasteiger partial charge in [0.25, 0.3) is 11.6 Å². The highest BCUT2D eigenvalue weighted by atomic mass is 35.5. The SMILES string of the molecule is N#Cc1ccc(NC(=O)C[NH+]2CCN(c3ccc([N+](=O)[O-])cc3)CC2)cc1Cl. The number of non-ortho nitro benzene ring substituents is 1. The number of nitriles is 1. The lowest BCUT2D eigenvalue weighted by molar-refractivity contribution is -0.892. The number of nitrogens with zero attached hydrogens (tertiary/aromatic N) is 3. The van der Waals surface area contributed by atoms with Crippen LogP contribution >= 0.6 is 11.6 Å². The number of carbonyl (C=O) groups excluding carboxylic acids is 1. The first-order chi connectivity index (χ1) is 13.5. The lowest BCUT2D eigenvalue weighted by atomic mass is 10.2. The van der Waals surface area contributed by atoms with E-state index in [1.807, 2.05) is 6.07 Å². The van der Waals surface area contributed by atoms with Crippen LogP contribution in [-0.4, -0.2) is 43.6 Å². The third-order valence-corrected chi connectivity index (χ3v) is 4.99. The molecule has 1 aliphatic rings. The Kier molecular flexibility index (Phi) is 6.09. The van der Waals surface area contributed by atoms with Crippen LogP contribution in [0.1, 0.15) is 5.56 Å². The molecule has 0 spiro atoms. The molecule has 8 nitrogen and oxygen atoms in total.